The van der Waals surface area contributed by atoms with Crippen molar-refractivity contribution in [3.8, 4) is 11.5 Å². The number of benzene rings is 1. The summed E-state index contributed by atoms with van der Waals surface area (Å²) in [6, 6.07) is 4.95. The van der Waals surface area contributed by atoms with Gasteiger partial charge >= 0.3 is 0 Å². The van der Waals surface area contributed by atoms with Gasteiger partial charge in [-0.3, -0.25) is 4.79 Å². The van der Waals surface area contributed by atoms with E-state index in [0.717, 1.165) is 5.56 Å². The molecule has 0 saturated carbocycles. The Morgan fingerprint density at radius 3 is 3.05 bits per heavy atom. The fraction of sp³-hybridized carbons (Fsp3) is 0.400. The predicted molar refractivity (Wildman–Crippen MR) is 75.7 cm³/mol. The lowest BCUT2D eigenvalue weighted by Gasteiger charge is -2.30. The van der Waals surface area contributed by atoms with Crippen LogP contribution in [-0.4, -0.2) is 48.8 Å². The third kappa shape index (κ3) is 3.51. The number of morpholine rings is 1. The minimum absolute atomic E-state index is 0.0350. The van der Waals surface area contributed by atoms with Gasteiger partial charge in [0.15, 0.2) is 11.5 Å². The quantitative estimate of drug-likeness (QED) is 0.854. The highest BCUT2D eigenvalue weighted by molar-refractivity contribution is 5.92. The fourth-order valence-electron chi connectivity index (χ4n) is 2.09. The number of hydrogen-bond donors (Lipinski definition) is 1. The highest BCUT2D eigenvalue weighted by Crippen LogP contribution is 2.26. The third-order valence-electron chi connectivity index (χ3n) is 3.17. The number of nitrogens with zero attached hydrogens (tertiary/aromatic N) is 1. The first kappa shape index (κ1) is 14.4. The van der Waals surface area contributed by atoms with Gasteiger partial charge in [-0.25, -0.2) is 0 Å². The zero-order valence-electron chi connectivity index (χ0n) is 11.7. The van der Waals surface area contributed by atoms with Crippen LogP contribution >= 0.6 is 0 Å². The molecule has 1 aromatic rings. The molecule has 1 saturated heterocycles. The summed E-state index contributed by atoms with van der Waals surface area (Å²) in [5, 5.41) is 9.51. The summed E-state index contributed by atoms with van der Waals surface area (Å²) >= 11 is 0. The molecule has 1 aliphatic heterocycles. The number of carbonyl (C=O) groups is 1. The van der Waals surface area contributed by atoms with Gasteiger partial charge in [0.1, 0.15) is 0 Å². The molecule has 108 valence electrons. The van der Waals surface area contributed by atoms with Gasteiger partial charge in [-0.2, -0.15) is 0 Å². The van der Waals surface area contributed by atoms with Crippen molar-refractivity contribution < 1.29 is 19.4 Å². The minimum Gasteiger partial charge on any atom is -0.504 e. The molecule has 1 unspecified atom stereocenters. The number of aromatic hydroxyl groups is 1. The monoisotopic (exact) mass is 277 g/mol. The molecule has 1 aliphatic rings. The molecule has 1 N–H and O–H groups in total. The van der Waals surface area contributed by atoms with Crippen molar-refractivity contribution in [2.75, 3.05) is 26.8 Å². The van der Waals surface area contributed by atoms with Crippen LogP contribution in [0.15, 0.2) is 24.3 Å². The van der Waals surface area contributed by atoms with Gasteiger partial charge in [0.25, 0.3) is 0 Å². The Hall–Kier alpha value is -2.01. The number of rotatable bonds is 3. The summed E-state index contributed by atoms with van der Waals surface area (Å²) < 4.78 is 10.4. The summed E-state index contributed by atoms with van der Waals surface area (Å²) in [6.07, 6.45) is 3.32. The average molecular weight is 277 g/mol. The van der Waals surface area contributed by atoms with Gasteiger partial charge in [0.2, 0.25) is 5.91 Å². The lowest BCUT2D eigenvalue weighted by Crippen LogP contribution is -2.43. The molecule has 1 heterocycles. The maximum atomic E-state index is 12.0. The molecule has 0 aromatic heterocycles. The smallest absolute Gasteiger partial charge is 0.246 e. The van der Waals surface area contributed by atoms with Gasteiger partial charge in [0, 0.05) is 19.2 Å². The number of phenolic OH excluding ortho intramolecular Hbond substituents is 1. The first-order chi connectivity index (χ1) is 9.60. The molecule has 0 spiro atoms. The van der Waals surface area contributed by atoms with E-state index in [1.165, 1.54) is 13.2 Å². The van der Waals surface area contributed by atoms with E-state index in [4.69, 9.17) is 9.47 Å². The van der Waals surface area contributed by atoms with Gasteiger partial charge in [0.05, 0.1) is 19.8 Å². The average Bonchev–Trinajstić information content (AvgIpc) is 2.46. The van der Waals surface area contributed by atoms with Crippen LogP contribution in [0.2, 0.25) is 0 Å². The number of hydrogen-bond acceptors (Lipinski definition) is 4. The van der Waals surface area contributed by atoms with Crippen molar-refractivity contribution in [3.05, 3.63) is 29.8 Å². The van der Waals surface area contributed by atoms with Gasteiger partial charge < -0.3 is 19.5 Å². The van der Waals surface area contributed by atoms with Crippen LogP contribution in [0.1, 0.15) is 12.5 Å². The first-order valence-corrected chi connectivity index (χ1v) is 6.55. The molecular formula is C15H19NO4. The Balaban J connectivity index is 2.03. The molecule has 2 rings (SSSR count). The van der Waals surface area contributed by atoms with Crippen LogP contribution < -0.4 is 4.74 Å². The molecule has 1 aromatic carbocycles. The summed E-state index contributed by atoms with van der Waals surface area (Å²) in [4.78, 5) is 13.8. The molecule has 1 atom stereocenters. The second-order valence-corrected chi connectivity index (χ2v) is 4.73. The van der Waals surface area contributed by atoms with Gasteiger partial charge in [-0.1, -0.05) is 6.07 Å². The van der Waals surface area contributed by atoms with E-state index in [0.29, 0.717) is 25.4 Å². The van der Waals surface area contributed by atoms with E-state index in [9.17, 15) is 9.90 Å². The zero-order chi connectivity index (χ0) is 14.5. The van der Waals surface area contributed by atoms with Crippen LogP contribution in [0.3, 0.4) is 0 Å². The van der Waals surface area contributed by atoms with Crippen LogP contribution in [0.4, 0.5) is 0 Å². The summed E-state index contributed by atoms with van der Waals surface area (Å²) in [5.41, 5.74) is 0.800. The van der Waals surface area contributed by atoms with Crippen molar-refractivity contribution in [3.63, 3.8) is 0 Å². The molecule has 0 bridgehead atoms. The van der Waals surface area contributed by atoms with Crippen LogP contribution in [0.5, 0.6) is 11.5 Å². The van der Waals surface area contributed by atoms with E-state index in [1.54, 1.807) is 29.2 Å². The molecule has 5 heteroatoms. The van der Waals surface area contributed by atoms with E-state index in [2.05, 4.69) is 0 Å². The summed E-state index contributed by atoms with van der Waals surface area (Å²) in [6.45, 7) is 3.76. The normalized spacial score (nSPS) is 19.3. The molecule has 0 aliphatic carbocycles. The largest absolute Gasteiger partial charge is 0.504 e. The molecular weight excluding hydrogens is 258 g/mol. The van der Waals surface area contributed by atoms with Crippen molar-refractivity contribution in [2.24, 2.45) is 0 Å². The van der Waals surface area contributed by atoms with Crippen LogP contribution in [0, 0.1) is 0 Å². The standard InChI is InChI=1S/C15H19NO4/c1-11-10-16(7-8-20-11)15(18)6-4-12-3-5-13(17)14(9-12)19-2/h3-6,9,11,17H,7-8,10H2,1-2H3/b6-4+. The lowest BCUT2D eigenvalue weighted by molar-refractivity contribution is -0.132. The number of carbonyl (C=O) groups excluding carboxylic acids is 1. The summed E-state index contributed by atoms with van der Waals surface area (Å²) in [7, 11) is 1.49. The second kappa shape index (κ2) is 6.43. The maximum absolute atomic E-state index is 12.0. The maximum Gasteiger partial charge on any atom is 0.246 e. The van der Waals surface area contributed by atoms with Crippen molar-refractivity contribution in [2.45, 2.75) is 13.0 Å². The number of amides is 1. The molecule has 0 radical (unpaired) electrons. The fourth-order valence-corrected chi connectivity index (χ4v) is 2.09. The topological polar surface area (TPSA) is 59.0 Å². The minimum atomic E-state index is -0.0350. The van der Waals surface area contributed by atoms with Crippen LogP contribution in [0.25, 0.3) is 6.08 Å². The molecule has 1 amide bonds. The number of methoxy groups -OCH3 is 1. The van der Waals surface area contributed by atoms with E-state index in [-0.39, 0.29) is 17.8 Å². The predicted octanol–water partition coefficient (Wildman–Crippen LogP) is 1.66. The SMILES string of the molecule is COc1cc(/C=C/C(=O)N2CCOC(C)C2)ccc1O. The van der Waals surface area contributed by atoms with Gasteiger partial charge in [-0.05, 0) is 30.7 Å². The Morgan fingerprint density at radius 1 is 1.55 bits per heavy atom. The highest BCUT2D eigenvalue weighted by atomic mass is 16.5. The highest BCUT2D eigenvalue weighted by Gasteiger charge is 2.19. The molecule has 1 fully saturated rings. The Bertz CT molecular complexity index is 513. The first-order valence-electron chi connectivity index (χ1n) is 6.55. The Morgan fingerprint density at radius 2 is 2.35 bits per heavy atom. The number of ether oxygens (including phenoxy) is 2. The lowest BCUT2D eigenvalue weighted by atomic mass is 10.2. The van der Waals surface area contributed by atoms with Gasteiger partial charge in [-0.15, -0.1) is 0 Å². The third-order valence-corrected chi connectivity index (χ3v) is 3.17. The second-order valence-electron chi connectivity index (χ2n) is 4.73. The number of phenols is 1. The van der Waals surface area contributed by atoms with Crippen LogP contribution in [-0.2, 0) is 9.53 Å². The van der Waals surface area contributed by atoms with E-state index in [1.807, 2.05) is 6.92 Å². The Kier molecular flexibility index (Phi) is 4.63. The zero-order valence-corrected chi connectivity index (χ0v) is 11.7. The van der Waals surface area contributed by atoms with Crippen molar-refractivity contribution in [1.29, 1.82) is 0 Å². The van der Waals surface area contributed by atoms with Crippen molar-refractivity contribution in [1.82, 2.24) is 4.90 Å². The molecule has 5 nitrogen and oxygen atoms in total. The Labute approximate surface area is 118 Å². The molecule has 20 heavy (non-hydrogen) atoms. The van der Waals surface area contributed by atoms with E-state index < -0.39 is 0 Å². The summed E-state index contributed by atoms with van der Waals surface area (Å²) in [5.74, 6) is 0.435. The van der Waals surface area contributed by atoms with Crippen molar-refractivity contribution >= 4 is 12.0 Å². The van der Waals surface area contributed by atoms with E-state index >= 15 is 0 Å².